The molecule has 2 aromatic heterocycles. The first-order valence-electron chi connectivity index (χ1n) is 11.1. The molecule has 174 valence electrons. The van der Waals surface area contributed by atoms with Gasteiger partial charge in [0.15, 0.2) is 0 Å². The second-order valence-electron chi connectivity index (χ2n) is 8.43. The van der Waals surface area contributed by atoms with Gasteiger partial charge in [-0.15, -0.1) is 0 Å². The molecule has 1 aliphatic heterocycles. The Morgan fingerprint density at radius 1 is 1.12 bits per heavy atom. The van der Waals surface area contributed by atoms with E-state index in [1.54, 1.807) is 25.4 Å². The lowest BCUT2D eigenvalue weighted by molar-refractivity contribution is 0.167. The molecule has 1 saturated heterocycles. The molecular weight excluding hydrogens is 439 g/mol. The van der Waals surface area contributed by atoms with Crippen molar-refractivity contribution in [3.8, 4) is 17.5 Å². The molecule has 1 aliphatic rings. The number of nitrogens with zero attached hydrogens (tertiary/aromatic N) is 5. The molecule has 0 bridgehead atoms. The molecule has 0 saturated carbocycles. The zero-order valence-corrected chi connectivity index (χ0v) is 19.0. The van der Waals surface area contributed by atoms with Gasteiger partial charge in [-0.05, 0) is 38.0 Å². The summed E-state index contributed by atoms with van der Waals surface area (Å²) >= 11 is 0. The minimum atomic E-state index is -0.973. The van der Waals surface area contributed by atoms with E-state index >= 15 is 0 Å². The molecule has 0 amide bonds. The zero-order chi connectivity index (χ0) is 24.3. The summed E-state index contributed by atoms with van der Waals surface area (Å²) in [5.41, 5.74) is 2.06. The van der Waals surface area contributed by atoms with Crippen LogP contribution in [0.15, 0.2) is 55.1 Å². The Labute approximate surface area is 196 Å². The Kier molecular flexibility index (Phi) is 6.64. The van der Waals surface area contributed by atoms with Gasteiger partial charge < -0.3 is 4.90 Å². The Morgan fingerprint density at radius 3 is 2.41 bits per heavy atom. The number of rotatable bonds is 5. The van der Waals surface area contributed by atoms with Crippen molar-refractivity contribution < 1.29 is 13.2 Å². The molecule has 3 heterocycles. The fourth-order valence-corrected chi connectivity index (χ4v) is 4.79. The minimum Gasteiger partial charge on any atom is -0.371 e. The van der Waals surface area contributed by atoms with Gasteiger partial charge in [-0.25, -0.2) is 23.1 Å². The molecule has 0 N–H and O–H groups in total. The number of hydrogen-bond acceptors (Lipinski definition) is 5. The number of benzene rings is 1. The first-order chi connectivity index (χ1) is 16.4. The Morgan fingerprint density at radius 2 is 1.82 bits per heavy atom. The standard InChI is InChI=1S/C26H24F3N5/c1-3-23(19-5-4-9-32-25(19)22-6-10-31-16-33-22)34-11-7-26(15-30,8-12-34)17(2)24-20(28)13-18(27)14-21(24)29/h3-6,9-10,13-14,16-17H,7-8,11-12H2,1-2H3/b23-3-/t17-/m0/s1. The van der Waals surface area contributed by atoms with Crippen LogP contribution in [0.3, 0.4) is 0 Å². The number of hydrogen-bond donors (Lipinski definition) is 0. The van der Waals surface area contributed by atoms with Crippen LogP contribution < -0.4 is 0 Å². The Balaban J connectivity index is 1.61. The van der Waals surface area contributed by atoms with Crippen LogP contribution in [0.2, 0.25) is 0 Å². The van der Waals surface area contributed by atoms with Crippen LogP contribution in [0.4, 0.5) is 13.2 Å². The van der Waals surface area contributed by atoms with E-state index in [9.17, 15) is 18.4 Å². The quantitative estimate of drug-likeness (QED) is 0.484. The number of piperidine rings is 1. The van der Waals surface area contributed by atoms with Crippen molar-refractivity contribution in [3.05, 3.63) is 83.7 Å². The van der Waals surface area contributed by atoms with Crippen molar-refractivity contribution in [1.29, 1.82) is 5.26 Å². The summed E-state index contributed by atoms with van der Waals surface area (Å²) in [5.74, 6) is -3.62. The molecule has 0 unspecified atom stereocenters. The lowest BCUT2D eigenvalue weighted by atomic mass is 9.67. The fourth-order valence-electron chi connectivity index (χ4n) is 4.79. The number of halogens is 3. The highest BCUT2D eigenvalue weighted by molar-refractivity contribution is 5.76. The van der Waals surface area contributed by atoms with E-state index in [0.717, 1.165) is 17.0 Å². The summed E-state index contributed by atoms with van der Waals surface area (Å²) in [5, 5.41) is 10.1. The number of nitriles is 1. The number of allylic oxidation sites excluding steroid dienone is 1. The molecule has 3 aromatic rings. The van der Waals surface area contributed by atoms with E-state index in [-0.39, 0.29) is 5.56 Å². The monoisotopic (exact) mass is 463 g/mol. The average Bonchev–Trinajstić information content (AvgIpc) is 2.85. The van der Waals surface area contributed by atoms with Gasteiger partial charge in [-0.1, -0.05) is 13.0 Å². The smallest absolute Gasteiger partial charge is 0.132 e. The van der Waals surface area contributed by atoms with Crippen LogP contribution in [0.5, 0.6) is 0 Å². The van der Waals surface area contributed by atoms with Crippen LogP contribution in [0.1, 0.15) is 43.7 Å². The van der Waals surface area contributed by atoms with Crippen LogP contribution in [0.25, 0.3) is 17.1 Å². The third-order valence-corrected chi connectivity index (χ3v) is 6.71. The molecule has 1 fully saturated rings. The largest absolute Gasteiger partial charge is 0.371 e. The molecule has 0 spiro atoms. The SMILES string of the molecule is C/C=C(/c1cccnc1-c1ccncn1)N1CCC(C#N)([C@@H](C)c2c(F)cc(F)cc2F)CC1. The van der Waals surface area contributed by atoms with Gasteiger partial charge in [0, 0.05) is 60.4 Å². The first-order valence-corrected chi connectivity index (χ1v) is 11.1. The van der Waals surface area contributed by atoms with Crippen molar-refractivity contribution in [1.82, 2.24) is 19.9 Å². The van der Waals surface area contributed by atoms with Gasteiger partial charge in [0.25, 0.3) is 0 Å². The van der Waals surface area contributed by atoms with Crippen LogP contribution >= 0.6 is 0 Å². The summed E-state index contributed by atoms with van der Waals surface area (Å²) in [4.78, 5) is 15.0. The van der Waals surface area contributed by atoms with Crippen molar-refractivity contribution in [2.24, 2.45) is 5.41 Å². The lowest BCUT2D eigenvalue weighted by Gasteiger charge is -2.43. The highest BCUT2D eigenvalue weighted by Crippen LogP contribution is 2.46. The fraction of sp³-hybridized carbons (Fsp3) is 0.308. The third-order valence-electron chi connectivity index (χ3n) is 6.71. The maximum atomic E-state index is 14.5. The Bertz CT molecular complexity index is 1220. The van der Waals surface area contributed by atoms with Gasteiger partial charge in [0.1, 0.15) is 23.8 Å². The van der Waals surface area contributed by atoms with E-state index in [1.807, 2.05) is 25.1 Å². The Hall–Kier alpha value is -3.73. The normalized spacial score (nSPS) is 16.7. The molecule has 4 rings (SSSR count). The molecule has 1 aromatic carbocycles. The third kappa shape index (κ3) is 4.26. The van der Waals surface area contributed by atoms with Crippen molar-refractivity contribution in [2.75, 3.05) is 13.1 Å². The molecule has 1 atom stereocenters. The summed E-state index contributed by atoms with van der Waals surface area (Å²) in [6.45, 7) is 4.60. The second-order valence-corrected chi connectivity index (χ2v) is 8.43. The van der Waals surface area contributed by atoms with Gasteiger partial charge in [0.05, 0.1) is 22.9 Å². The molecule has 5 nitrogen and oxygen atoms in total. The second kappa shape index (κ2) is 9.64. The summed E-state index contributed by atoms with van der Waals surface area (Å²) < 4.78 is 42.4. The van der Waals surface area contributed by atoms with Gasteiger partial charge in [-0.2, -0.15) is 5.26 Å². The number of aromatic nitrogens is 3. The van der Waals surface area contributed by atoms with E-state index in [4.69, 9.17) is 0 Å². The topological polar surface area (TPSA) is 65.7 Å². The average molecular weight is 464 g/mol. The van der Waals surface area contributed by atoms with Crippen LogP contribution in [0, 0.1) is 34.2 Å². The summed E-state index contributed by atoms with van der Waals surface area (Å²) in [6.07, 6.45) is 7.64. The number of pyridine rings is 1. The molecule has 0 radical (unpaired) electrons. The number of likely N-dealkylation sites (tertiary alicyclic amines) is 1. The first kappa shape index (κ1) is 23.4. The summed E-state index contributed by atoms with van der Waals surface area (Å²) in [7, 11) is 0. The van der Waals surface area contributed by atoms with E-state index in [0.29, 0.717) is 43.8 Å². The van der Waals surface area contributed by atoms with Gasteiger partial charge >= 0.3 is 0 Å². The molecule has 34 heavy (non-hydrogen) atoms. The zero-order valence-electron chi connectivity index (χ0n) is 19.0. The highest BCUT2D eigenvalue weighted by Gasteiger charge is 2.43. The van der Waals surface area contributed by atoms with Gasteiger partial charge in [-0.3, -0.25) is 4.98 Å². The predicted molar refractivity (Wildman–Crippen MR) is 122 cm³/mol. The van der Waals surface area contributed by atoms with Crippen LogP contribution in [-0.2, 0) is 0 Å². The van der Waals surface area contributed by atoms with E-state index in [1.165, 1.54) is 6.33 Å². The minimum absolute atomic E-state index is 0.235. The van der Waals surface area contributed by atoms with E-state index < -0.39 is 28.8 Å². The molecule has 0 aliphatic carbocycles. The molecular formula is C26H24F3N5. The van der Waals surface area contributed by atoms with Gasteiger partial charge in [0.2, 0.25) is 0 Å². The lowest BCUT2D eigenvalue weighted by Crippen LogP contribution is -2.41. The van der Waals surface area contributed by atoms with Crippen molar-refractivity contribution in [2.45, 2.75) is 32.6 Å². The summed E-state index contributed by atoms with van der Waals surface area (Å²) in [6, 6.07) is 9.30. The van der Waals surface area contributed by atoms with Crippen molar-refractivity contribution >= 4 is 5.70 Å². The maximum Gasteiger partial charge on any atom is 0.132 e. The predicted octanol–water partition coefficient (Wildman–Crippen LogP) is 5.73. The van der Waals surface area contributed by atoms with E-state index in [2.05, 4.69) is 25.9 Å². The van der Waals surface area contributed by atoms with Crippen molar-refractivity contribution in [3.63, 3.8) is 0 Å². The maximum absolute atomic E-state index is 14.5. The highest BCUT2D eigenvalue weighted by atomic mass is 19.1. The van der Waals surface area contributed by atoms with Crippen LogP contribution in [-0.4, -0.2) is 32.9 Å². The molecule has 8 heteroatoms.